The molecule has 0 aliphatic carbocycles. The lowest BCUT2D eigenvalue weighted by Gasteiger charge is -2.22. The Balaban J connectivity index is 0.000000495. The Morgan fingerprint density at radius 2 is 0.606 bits per heavy atom. The maximum Gasteiger partial charge on any atom is 0.326 e. The highest BCUT2D eigenvalue weighted by Crippen LogP contribution is 2.11. The number of carboxylic acids is 3. The predicted octanol–water partition coefficient (Wildman–Crippen LogP) is 1.60. The fraction of sp³-hybridized carbons (Fsp3) is 0.500. The lowest BCUT2D eigenvalue weighted by atomic mass is 10.00. The standard InChI is InChI=1S/3C16H24N2O4/c3*1-10(2)8-13(16(21)22)18-15(20)14(19)12(17)9-11-6-4-3-5-7-11/h3*3-7,10,12-14,19H,8-9,17H2,1-2H3,(H,18,20)(H,21,22)/t3*12-,13+,14+/m111/s1. The van der Waals surface area contributed by atoms with Gasteiger partial charge in [-0.3, -0.25) is 14.4 Å². The Hall–Kier alpha value is -5.76. The maximum atomic E-state index is 12.0. The zero-order valence-electron chi connectivity index (χ0n) is 38.7. The molecule has 15 N–H and O–H groups in total. The van der Waals surface area contributed by atoms with Crippen LogP contribution >= 0.6 is 0 Å². The third kappa shape index (κ3) is 23.4. The van der Waals surface area contributed by atoms with E-state index in [0.717, 1.165) is 16.7 Å². The summed E-state index contributed by atoms with van der Waals surface area (Å²) < 4.78 is 0. The summed E-state index contributed by atoms with van der Waals surface area (Å²) in [7, 11) is 0. The fourth-order valence-corrected chi connectivity index (χ4v) is 6.43. The molecule has 0 fully saturated rings. The number of carboxylic acid groups (broad SMARTS) is 3. The van der Waals surface area contributed by atoms with Crippen molar-refractivity contribution in [1.82, 2.24) is 16.0 Å². The minimum atomic E-state index is -1.45. The second-order valence-electron chi connectivity index (χ2n) is 17.5. The third-order valence-electron chi connectivity index (χ3n) is 9.93. The number of benzene rings is 3. The Bertz CT molecular complexity index is 1690. The van der Waals surface area contributed by atoms with Gasteiger partial charge in [-0.05, 0) is 73.0 Å². The van der Waals surface area contributed by atoms with Crippen molar-refractivity contribution in [2.75, 3.05) is 0 Å². The Morgan fingerprint density at radius 1 is 0.409 bits per heavy atom. The first-order valence-corrected chi connectivity index (χ1v) is 21.9. The summed E-state index contributed by atoms with van der Waals surface area (Å²) in [6.07, 6.45) is -2.48. The number of nitrogens with one attached hydrogen (secondary N) is 3. The van der Waals surface area contributed by atoms with E-state index in [4.69, 9.17) is 32.5 Å². The van der Waals surface area contributed by atoms with Crippen molar-refractivity contribution in [3.8, 4) is 0 Å². The zero-order chi connectivity index (χ0) is 50.1. The predicted molar refractivity (Wildman–Crippen MR) is 249 cm³/mol. The van der Waals surface area contributed by atoms with Gasteiger partial charge in [-0.25, -0.2) is 14.4 Å². The van der Waals surface area contributed by atoms with E-state index < -0.39 is 90.2 Å². The van der Waals surface area contributed by atoms with Crippen LogP contribution < -0.4 is 33.2 Å². The van der Waals surface area contributed by atoms with Gasteiger partial charge in [0.15, 0.2) is 0 Å². The largest absolute Gasteiger partial charge is 0.480 e. The molecule has 18 nitrogen and oxygen atoms in total. The van der Waals surface area contributed by atoms with E-state index in [2.05, 4.69) is 16.0 Å². The molecule has 3 aromatic rings. The molecule has 18 heteroatoms. The fourth-order valence-electron chi connectivity index (χ4n) is 6.43. The zero-order valence-corrected chi connectivity index (χ0v) is 38.7. The van der Waals surface area contributed by atoms with Crippen molar-refractivity contribution in [3.05, 3.63) is 108 Å². The number of aliphatic carboxylic acids is 3. The van der Waals surface area contributed by atoms with Crippen LogP contribution in [-0.4, -0.2) is 121 Å². The molecule has 9 atom stereocenters. The lowest BCUT2D eigenvalue weighted by Crippen LogP contribution is -2.52. The molecule has 0 saturated carbocycles. The Labute approximate surface area is 387 Å². The molecule has 66 heavy (non-hydrogen) atoms. The topological polar surface area (TPSA) is 338 Å². The number of carbonyl (C=O) groups is 6. The molecule has 0 bridgehead atoms. The molecule has 366 valence electrons. The van der Waals surface area contributed by atoms with Crippen molar-refractivity contribution < 1.29 is 59.4 Å². The third-order valence-corrected chi connectivity index (χ3v) is 9.93. The Kier molecular flexibility index (Phi) is 26.9. The highest BCUT2D eigenvalue weighted by molar-refractivity contribution is 5.88. The average Bonchev–Trinajstić information content (AvgIpc) is 3.25. The van der Waals surface area contributed by atoms with Crippen LogP contribution in [-0.2, 0) is 48.0 Å². The van der Waals surface area contributed by atoms with Gasteiger partial charge in [-0.1, -0.05) is 133 Å². The minimum Gasteiger partial charge on any atom is -0.480 e. The van der Waals surface area contributed by atoms with E-state index in [9.17, 15) is 44.1 Å². The number of hydrogen-bond donors (Lipinski definition) is 12. The van der Waals surface area contributed by atoms with Gasteiger partial charge < -0.3 is 63.8 Å². The van der Waals surface area contributed by atoms with Crippen LogP contribution in [0.15, 0.2) is 91.0 Å². The minimum absolute atomic E-state index is 0.108. The van der Waals surface area contributed by atoms with Gasteiger partial charge >= 0.3 is 17.9 Å². The molecule has 0 aliphatic heterocycles. The first-order chi connectivity index (χ1) is 30.9. The van der Waals surface area contributed by atoms with Crippen molar-refractivity contribution in [2.45, 2.75) is 135 Å². The van der Waals surface area contributed by atoms with Crippen molar-refractivity contribution in [3.63, 3.8) is 0 Å². The summed E-state index contributed by atoms with van der Waals surface area (Å²) in [5.74, 6) is -5.29. The van der Waals surface area contributed by atoms with Gasteiger partial charge in [0, 0.05) is 18.1 Å². The summed E-state index contributed by atoms with van der Waals surface area (Å²) in [6, 6.07) is 22.3. The van der Waals surface area contributed by atoms with Crippen LogP contribution in [0.3, 0.4) is 0 Å². The van der Waals surface area contributed by atoms with Gasteiger partial charge in [-0.15, -0.1) is 0 Å². The van der Waals surface area contributed by atoms with Crippen LogP contribution in [0.25, 0.3) is 0 Å². The quantitative estimate of drug-likeness (QED) is 0.0607. The van der Waals surface area contributed by atoms with E-state index >= 15 is 0 Å². The number of hydrogen-bond acceptors (Lipinski definition) is 12. The van der Waals surface area contributed by atoms with Gasteiger partial charge in [0.1, 0.15) is 36.4 Å². The molecule has 0 unspecified atom stereocenters. The van der Waals surface area contributed by atoms with Gasteiger partial charge in [-0.2, -0.15) is 0 Å². The molecule has 0 aromatic heterocycles. The Morgan fingerprint density at radius 3 is 0.773 bits per heavy atom. The van der Waals surface area contributed by atoms with Crippen molar-refractivity contribution in [1.29, 1.82) is 0 Å². The monoisotopic (exact) mass is 925 g/mol. The van der Waals surface area contributed by atoms with Gasteiger partial charge in [0.2, 0.25) is 0 Å². The van der Waals surface area contributed by atoms with Gasteiger partial charge in [0.25, 0.3) is 17.7 Å². The summed E-state index contributed by atoms with van der Waals surface area (Å²) in [6.45, 7) is 11.2. The molecule has 3 amide bonds. The second-order valence-corrected chi connectivity index (χ2v) is 17.5. The maximum absolute atomic E-state index is 12.0. The van der Waals surface area contributed by atoms with Crippen molar-refractivity contribution >= 4 is 35.6 Å². The smallest absolute Gasteiger partial charge is 0.326 e. The van der Waals surface area contributed by atoms with E-state index in [1.165, 1.54) is 0 Å². The van der Waals surface area contributed by atoms with Crippen LogP contribution in [0, 0.1) is 17.8 Å². The number of rotatable bonds is 24. The molecule has 0 heterocycles. The molecular formula is C48H72N6O12. The highest BCUT2D eigenvalue weighted by atomic mass is 16.4. The number of aliphatic hydroxyl groups is 3. The summed E-state index contributed by atoms with van der Waals surface area (Å²) in [4.78, 5) is 69.3. The number of carbonyl (C=O) groups excluding carboxylic acids is 3. The first kappa shape index (κ1) is 58.3. The molecule has 0 radical (unpaired) electrons. The normalized spacial score (nSPS) is 15.1. The number of nitrogens with two attached hydrogens (primary N) is 3. The molecule has 3 aromatic carbocycles. The summed E-state index contributed by atoms with van der Waals surface area (Å²) in [5, 5.41) is 64.3. The van der Waals surface area contributed by atoms with Crippen LogP contribution in [0.4, 0.5) is 0 Å². The number of aliphatic hydroxyl groups excluding tert-OH is 3. The molecular weight excluding hydrogens is 853 g/mol. The molecule has 0 spiro atoms. The first-order valence-electron chi connectivity index (χ1n) is 21.9. The van der Waals surface area contributed by atoms with E-state index in [0.29, 0.717) is 38.5 Å². The highest BCUT2D eigenvalue weighted by Gasteiger charge is 2.31. The van der Waals surface area contributed by atoms with Crippen molar-refractivity contribution in [2.24, 2.45) is 35.0 Å². The molecule has 0 saturated heterocycles. The van der Waals surface area contributed by atoms with E-state index in [-0.39, 0.29) is 17.8 Å². The van der Waals surface area contributed by atoms with Crippen LogP contribution in [0.2, 0.25) is 0 Å². The lowest BCUT2D eigenvalue weighted by molar-refractivity contribution is -0.144. The molecule has 0 aliphatic rings. The van der Waals surface area contributed by atoms with Crippen LogP contribution in [0.5, 0.6) is 0 Å². The SMILES string of the molecule is CC(C)C[C@H](NC(=O)[C@@H](O)[C@H](N)Cc1ccccc1)C(=O)O.CC(C)C[C@H](NC(=O)[C@@H](O)[C@H](N)Cc1ccccc1)C(=O)O.CC(C)C[C@H](NC(=O)[C@@H](O)[C@H](N)Cc1ccccc1)C(=O)O. The van der Waals surface area contributed by atoms with Gasteiger partial charge in [0.05, 0.1) is 0 Å². The second kappa shape index (κ2) is 30.4. The van der Waals surface area contributed by atoms with E-state index in [1.54, 1.807) is 0 Å². The van der Waals surface area contributed by atoms with Crippen LogP contribution in [0.1, 0.15) is 77.5 Å². The van der Waals surface area contributed by atoms with E-state index in [1.807, 2.05) is 133 Å². The summed E-state index contributed by atoms with van der Waals surface area (Å²) in [5.41, 5.74) is 20.2. The summed E-state index contributed by atoms with van der Waals surface area (Å²) >= 11 is 0. The molecule has 3 rings (SSSR count). The number of amides is 3. The average molecular weight is 925 g/mol.